The van der Waals surface area contributed by atoms with Crippen LogP contribution in [0.25, 0.3) is 77.3 Å². The predicted octanol–water partition coefficient (Wildman–Crippen LogP) is 13.6. The van der Waals surface area contributed by atoms with Gasteiger partial charge in [-0.05, 0) is 117 Å². The first-order chi connectivity index (χ1) is 24.3. The van der Waals surface area contributed by atoms with E-state index in [4.69, 9.17) is 0 Å². The molecule has 0 radical (unpaired) electrons. The molecule has 8 aromatic carbocycles. The summed E-state index contributed by atoms with van der Waals surface area (Å²) >= 11 is 0. The van der Waals surface area contributed by atoms with Gasteiger partial charge in [-0.2, -0.15) is 0 Å². The van der Waals surface area contributed by atoms with Crippen molar-refractivity contribution in [3.8, 4) is 33.4 Å². The summed E-state index contributed by atoms with van der Waals surface area (Å²) in [5.74, 6) is 0. The molecule has 238 valence electrons. The number of rotatable bonds is 3. The smallest absolute Gasteiger partial charge is 0.0159 e. The maximum absolute atomic E-state index is 2.48. The first-order valence-electron chi connectivity index (χ1n) is 17.9. The summed E-state index contributed by atoms with van der Waals surface area (Å²) in [5.41, 5.74) is 15.9. The van der Waals surface area contributed by atoms with Crippen LogP contribution in [-0.4, -0.2) is 0 Å². The molecule has 0 aromatic heterocycles. The molecule has 0 N–H and O–H groups in total. The van der Waals surface area contributed by atoms with Gasteiger partial charge in [0.15, 0.2) is 0 Å². The Balaban J connectivity index is 1.34. The molecule has 0 heterocycles. The second-order valence-corrected chi connectivity index (χ2v) is 15.3. The lowest BCUT2D eigenvalue weighted by atomic mass is 9.74. The lowest BCUT2D eigenvalue weighted by molar-refractivity contribution is 0.660. The first-order valence-corrected chi connectivity index (χ1v) is 17.9. The van der Waals surface area contributed by atoms with Gasteiger partial charge in [0.1, 0.15) is 0 Å². The Labute approximate surface area is 294 Å². The van der Waals surface area contributed by atoms with E-state index < -0.39 is 0 Å². The Morgan fingerprint density at radius 2 is 0.960 bits per heavy atom. The molecule has 0 spiro atoms. The highest BCUT2D eigenvalue weighted by atomic mass is 14.4. The summed E-state index contributed by atoms with van der Waals surface area (Å²) in [4.78, 5) is 0. The average Bonchev–Trinajstić information content (AvgIpc) is 3.55. The van der Waals surface area contributed by atoms with Crippen molar-refractivity contribution in [3.05, 3.63) is 179 Å². The van der Waals surface area contributed by atoms with Gasteiger partial charge in [-0.15, -0.1) is 0 Å². The highest BCUT2D eigenvalue weighted by molar-refractivity contribution is 6.23. The molecule has 0 saturated heterocycles. The minimum Gasteiger partial charge on any atom is -0.0619 e. The van der Waals surface area contributed by atoms with Crippen LogP contribution in [0.15, 0.2) is 152 Å². The molecule has 0 heteroatoms. The van der Waals surface area contributed by atoms with E-state index in [2.05, 4.69) is 185 Å². The summed E-state index contributed by atoms with van der Waals surface area (Å²) in [6.07, 6.45) is 2.45. The standard InChI is InChI=1S/C50H38/c1-49(2)42-21-11-7-16-35(42)30-45(49)47-37-18-9-8-17-36(37)46(40-20-13-23-44-48(40)39-19-10-12-22-43(39)50(44,3)4)41-29-34(26-27-38(41)47)33-25-24-31-14-5-6-15-32(31)28-33/h5-30H,1-4H3. The lowest BCUT2D eigenvalue weighted by Crippen LogP contribution is -2.17. The van der Waals surface area contributed by atoms with Crippen molar-refractivity contribution in [1.29, 1.82) is 0 Å². The molecule has 0 aliphatic heterocycles. The topological polar surface area (TPSA) is 0 Å². The SMILES string of the molecule is CC1(C)C(c2c3ccccc3c(-c3cccc4c3-c3ccccc3C4(C)C)c3cc(-c4ccc5ccccc5c4)ccc23)=Cc2ccccc21. The van der Waals surface area contributed by atoms with Crippen molar-refractivity contribution in [1.82, 2.24) is 0 Å². The molecular formula is C50H38. The second-order valence-electron chi connectivity index (χ2n) is 15.3. The molecule has 2 aliphatic rings. The second kappa shape index (κ2) is 10.4. The number of allylic oxidation sites excluding steroid dienone is 1. The summed E-state index contributed by atoms with van der Waals surface area (Å²) in [7, 11) is 0. The fourth-order valence-electron chi connectivity index (χ4n) is 9.33. The number of hydrogen-bond donors (Lipinski definition) is 0. The third-order valence-electron chi connectivity index (χ3n) is 11.9. The van der Waals surface area contributed by atoms with Crippen molar-refractivity contribution in [2.75, 3.05) is 0 Å². The third-order valence-corrected chi connectivity index (χ3v) is 11.9. The van der Waals surface area contributed by atoms with Crippen LogP contribution < -0.4 is 0 Å². The van der Waals surface area contributed by atoms with Gasteiger partial charge in [0.25, 0.3) is 0 Å². The average molecular weight is 639 g/mol. The van der Waals surface area contributed by atoms with Gasteiger partial charge in [-0.25, -0.2) is 0 Å². The Hall–Kier alpha value is -5.72. The van der Waals surface area contributed by atoms with Crippen molar-refractivity contribution < 1.29 is 0 Å². The largest absolute Gasteiger partial charge is 0.0619 e. The van der Waals surface area contributed by atoms with Crippen LogP contribution in [-0.2, 0) is 10.8 Å². The number of hydrogen-bond acceptors (Lipinski definition) is 0. The van der Waals surface area contributed by atoms with E-state index in [1.807, 2.05) is 0 Å². The highest BCUT2D eigenvalue weighted by Crippen LogP contribution is 2.56. The molecular weight excluding hydrogens is 601 g/mol. The molecule has 0 saturated carbocycles. The van der Waals surface area contributed by atoms with Crippen LogP contribution >= 0.6 is 0 Å². The number of fused-ring (bicyclic) bond motifs is 7. The molecule has 10 rings (SSSR count). The summed E-state index contributed by atoms with van der Waals surface area (Å²) in [6.45, 7) is 9.55. The van der Waals surface area contributed by atoms with Crippen molar-refractivity contribution in [2.24, 2.45) is 0 Å². The fraction of sp³-hybridized carbons (Fsp3) is 0.120. The van der Waals surface area contributed by atoms with Crippen LogP contribution in [0.2, 0.25) is 0 Å². The molecule has 0 bridgehead atoms. The molecule has 8 aromatic rings. The molecule has 0 unspecified atom stereocenters. The van der Waals surface area contributed by atoms with Crippen LogP contribution in [0.4, 0.5) is 0 Å². The molecule has 0 amide bonds. The molecule has 50 heavy (non-hydrogen) atoms. The van der Waals surface area contributed by atoms with Gasteiger partial charge < -0.3 is 0 Å². The van der Waals surface area contributed by atoms with E-state index in [9.17, 15) is 0 Å². The maximum Gasteiger partial charge on any atom is 0.0159 e. The van der Waals surface area contributed by atoms with Crippen LogP contribution in [0.3, 0.4) is 0 Å². The maximum atomic E-state index is 2.48. The first kappa shape index (κ1) is 29.2. The van der Waals surface area contributed by atoms with E-state index in [1.165, 1.54) is 99.1 Å². The van der Waals surface area contributed by atoms with E-state index in [-0.39, 0.29) is 10.8 Å². The van der Waals surface area contributed by atoms with Gasteiger partial charge in [0, 0.05) is 10.8 Å². The van der Waals surface area contributed by atoms with Gasteiger partial charge >= 0.3 is 0 Å². The number of benzene rings is 8. The molecule has 0 nitrogen and oxygen atoms in total. The van der Waals surface area contributed by atoms with E-state index in [1.54, 1.807) is 0 Å². The van der Waals surface area contributed by atoms with E-state index in [0.717, 1.165) is 0 Å². The fourth-order valence-corrected chi connectivity index (χ4v) is 9.33. The highest BCUT2D eigenvalue weighted by Gasteiger charge is 2.38. The van der Waals surface area contributed by atoms with Crippen molar-refractivity contribution in [2.45, 2.75) is 38.5 Å². The summed E-state index contributed by atoms with van der Waals surface area (Å²) in [5, 5.41) is 7.74. The Morgan fingerprint density at radius 3 is 1.78 bits per heavy atom. The van der Waals surface area contributed by atoms with E-state index >= 15 is 0 Å². The lowest BCUT2D eigenvalue weighted by Gasteiger charge is -2.28. The molecule has 0 fully saturated rings. The van der Waals surface area contributed by atoms with Gasteiger partial charge in [-0.3, -0.25) is 0 Å². The summed E-state index contributed by atoms with van der Waals surface area (Å²) in [6, 6.07) is 56.9. The zero-order valence-electron chi connectivity index (χ0n) is 29.0. The van der Waals surface area contributed by atoms with Crippen LogP contribution in [0, 0.1) is 0 Å². The Kier molecular flexibility index (Phi) is 6.07. The van der Waals surface area contributed by atoms with Gasteiger partial charge in [-0.1, -0.05) is 167 Å². The van der Waals surface area contributed by atoms with Crippen LogP contribution in [0.1, 0.15) is 55.5 Å². The Morgan fingerprint density at radius 1 is 0.360 bits per heavy atom. The monoisotopic (exact) mass is 638 g/mol. The minimum absolute atomic E-state index is 0.0752. The zero-order chi connectivity index (χ0) is 33.8. The third kappa shape index (κ3) is 4.00. The van der Waals surface area contributed by atoms with Gasteiger partial charge in [0.05, 0.1) is 0 Å². The molecule has 2 aliphatic carbocycles. The van der Waals surface area contributed by atoms with Crippen molar-refractivity contribution >= 4 is 44.0 Å². The minimum atomic E-state index is -0.137. The van der Waals surface area contributed by atoms with Crippen molar-refractivity contribution in [3.63, 3.8) is 0 Å². The van der Waals surface area contributed by atoms with Gasteiger partial charge in [0.2, 0.25) is 0 Å². The Bertz CT molecular complexity index is 2750. The quantitative estimate of drug-likeness (QED) is 0.169. The summed E-state index contributed by atoms with van der Waals surface area (Å²) < 4.78 is 0. The van der Waals surface area contributed by atoms with Crippen LogP contribution in [0.5, 0.6) is 0 Å². The van der Waals surface area contributed by atoms with E-state index in [0.29, 0.717) is 0 Å². The molecule has 0 atom stereocenters. The normalized spacial score (nSPS) is 15.2. The zero-order valence-corrected chi connectivity index (χ0v) is 29.0. The predicted molar refractivity (Wildman–Crippen MR) is 215 cm³/mol.